The van der Waals surface area contributed by atoms with Crippen molar-refractivity contribution in [1.82, 2.24) is 4.98 Å². The summed E-state index contributed by atoms with van der Waals surface area (Å²) in [5, 5.41) is 3.65. The van der Waals surface area contributed by atoms with E-state index < -0.39 is 0 Å². The van der Waals surface area contributed by atoms with Gasteiger partial charge in [-0.2, -0.15) is 0 Å². The van der Waals surface area contributed by atoms with Gasteiger partial charge in [-0.3, -0.25) is 4.98 Å². The van der Waals surface area contributed by atoms with Gasteiger partial charge in [0, 0.05) is 37.9 Å². The number of aryl methyl sites for hydroxylation is 1. The number of anilines is 3. The molecule has 0 radical (unpaired) electrons. The van der Waals surface area contributed by atoms with Crippen LogP contribution in [-0.4, -0.2) is 50.4 Å². The number of pyridine rings is 1. The summed E-state index contributed by atoms with van der Waals surface area (Å²) in [7, 11) is 0. The molecule has 3 heterocycles. The normalized spacial score (nSPS) is 20.6. The summed E-state index contributed by atoms with van der Waals surface area (Å²) in [5.74, 6) is -0.180. The smallest absolute Gasteiger partial charge is 0.125 e. The number of halogens is 1. The first-order valence-electron chi connectivity index (χ1n) is 9.75. The number of nitrogens with one attached hydrogen (secondary N) is 1. The fourth-order valence-corrected chi connectivity index (χ4v) is 3.96. The van der Waals surface area contributed by atoms with Gasteiger partial charge in [0.2, 0.25) is 0 Å². The number of rotatable bonds is 4. The molecule has 0 aliphatic carbocycles. The second kappa shape index (κ2) is 8.13. The Kier molecular flexibility index (Phi) is 5.43. The molecule has 27 heavy (non-hydrogen) atoms. The maximum atomic E-state index is 13.6. The number of ether oxygens (including phenoxy) is 1. The maximum Gasteiger partial charge on any atom is 0.125 e. The van der Waals surface area contributed by atoms with Crippen LogP contribution in [0.5, 0.6) is 0 Å². The van der Waals surface area contributed by atoms with E-state index in [9.17, 15) is 4.39 Å². The maximum absolute atomic E-state index is 13.6. The van der Waals surface area contributed by atoms with Crippen LogP contribution in [0.3, 0.4) is 0 Å². The van der Waals surface area contributed by atoms with Crippen molar-refractivity contribution in [1.29, 1.82) is 0 Å². The van der Waals surface area contributed by atoms with Gasteiger partial charge in [0.05, 0.1) is 36.5 Å². The number of nitrogens with zero attached hydrogens (tertiary/aromatic N) is 3. The van der Waals surface area contributed by atoms with Gasteiger partial charge in [0.15, 0.2) is 0 Å². The van der Waals surface area contributed by atoms with Crippen LogP contribution in [0.15, 0.2) is 36.5 Å². The third kappa shape index (κ3) is 4.33. The molecule has 0 spiro atoms. The Morgan fingerprint density at radius 3 is 2.81 bits per heavy atom. The lowest BCUT2D eigenvalue weighted by molar-refractivity contribution is 0.122. The molecular formula is C21H27FN4O. The average Bonchev–Trinajstić information content (AvgIpc) is 2.70. The monoisotopic (exact) mass is 370 g/mol. The molecule has 2 aliphatic heterocycles. The van der Waals surface area contributed by atoms with Crippen LogP contribution in [0.2, 0.25) is 0 Å². The fraction of sp³-hybridized carbons (Fsp3) is 0.476. The van der Waals surface area contributed by atoms with E-state index >= 15 is 0 Å². The third-order valence-corrected chi connectivity index (χ3v) is 5.38. The van der Waals surface area contributed by atoms with Gasteiger partial charge in [-0.1, -0.05) is 6.07 Å². The molecule has 6 heteroatoms. The van der Waals surface area contributed by atoms with Gasteiger partial charge in [-0.05, 0) is 44.0 Å². The van der Waals surface area contributed by atoms with Gasteiger partial charge in [-0.15, -0.1) is 0 Å². The van der Waals surface area contributed by atoms with Gasteiger partial charge in [0.1, 0.15) is 5.82 Å². The summed E-state index contributed by atoms with van der Waals surface area (Å²) in [4.78, 5) is 9.20. The van der Waals surface area contributed by atoms with E-state index in [1.807, 2.05) is 12.3 Å². The molecule has 144 valence electrons. The van der Waals surface area contributed by atoms with Crippen molar-refractivity contribution < 1.29 is 9.13 Å². The van der Waals surface area contributed by atoms with E-state index in [1.165, 1.54) is 11.8 Å². The second-order valence-electron chi connectivity index (χ2n) is 7.34. The molecule has 2 aromatic rings. The van der Waals surface area contributed by atoms with Crippen molar-refractivity contribution in [2.24, 2.45) is 0 Å². The molecule has 2 fully saturated rings. The zero-order valence-electron chi connectivity index (χ0n) is 15.8. The van der Waals surface area contributed by atoms with Gasteiger partial charge in [0.25, 0.3) is 0 Å². The zero-order valence-corrected chi connectivity index (χ0v) is 15.8. The van der Waals surface area contributed by atoms with Crippen LogP contribution in [0.25, 0.3) is 0 Å². The quantitative estimate of drug-likeness (QED) is 0.893. The lowest BCUT2D eigenvalue weighted by Gasteiger charge is -2.35. The van der Waals surface area contributed by atoms with Crippen LogP contribution in [-0.2, 0) is 4.74 Å². The fourth-order valence-electron chi connectivity index (χ4n) is 3.96. The van der Waals surface area contributed by atoms with Crippen molar-refractivity contribution in [3.8, 4) is 0 Å². The zero-order chi connectivity index (χ0) is 18.6. The predicted octanol–water partition coefficient (Wildman–Crippen LogP) is 3.45. The molecular weight excluding hydrogens is 343 g/mol. The minimum absolute atomic E-state index is 0.180. The largest absolute Gasteiger partial charge is 0.379 e. The van der Waals surface area contributed by atoms with Gasteiger partial charge in [-0.25, -0.2) is 4.39 Å². The van der Waals surface area contributed by atoms with Crippen LogP contribution < -0.4 is 15.1 Å². The number of hydrogen-bond donors (Lipinski definition) is 1. The lowest BCUT2D eigenvalue weighted by atomic mass is 10.0. The van der Waals surface area contributed by atoms with E-state index in [0.29, 0.717) is 6.04 Å². The Morgan fingerprint density at radius 2 is 2.00 bits per heavy atom. The summed E-state index contributed by atoms with van der Waals surface area (Å²) in [6.07, 6.45) is 4.11. The molecule has 0 unspecified atom stereocenters. The summed E-state index contributed by atoms with van der Waals surface area (Å²) >= 11 is 0. The number of hydrogen-bond acceptors (Lipinski definition) is 5. The molecule has 2 saturated heterocycles. The minimum Gasteiger partial charge on any atom is -0.379 e. The van der Waals surface area contributed by atoms with Crippen LogP contribution >= 0.6 is 0 Å². The Labute approximate surface area is 160 Å². The van der Waals surface area contributed by atoms with Crippen LogP contribution in [0.4, 0.5) is 21.5 Å². The molecule has 5 nitrogen and oxygen atoms in total. The second-order valence-corrected chi connectivity index (χ2v) is 7.34. The van der Waals surface area contributed by atoms with E-state index in [2.05, 4.69) is 33.1 Å². The highest BCUT2D eigenvalue weighted by Gasteiger charge is 2.21. The van der Waals surface area contributed by atoms with Gasteiger partial charge >= 0.3 is 0 Å². The molecule has 4 rings (SSSR count). The summed E-state index contributed by atoms with van der Waals surface area (Å²) in [6.45, 7) is 7.23. The van der Waals surface area contributed by atoms with E-state index in [1.54, 1.807) is 12.1 Å². The highest BCUT2D eigenvalue weighted by molar-refractivity contribution is 5.60. The van der Waals surface area contributed by atoms with E-state index in [-0.39, 0.29) is 5.82 Å². The molecule has 0 bridgehead atoms. The average molecular weight is 370 g/mol. The van der Waals surface area contributed by atoms with Crippen LogP contribution in [0.1, 0.15) is 18.5 Å². The highest BCUT2D eigenvalue weighted by Crippen LogP contribution is 2.26. The Hall–Kier alpha value is -2.34. The first kappa shape index (κ1) is 18.0. The van der Waals surface area contributed by atoms with Gasteiger partial charge < -0.3 is 19.9 Å². The highest BCUT2D eigenvalue weighted by atomic mass is 19.1. The Bertz CT molecular complexity index is 779. The van der Waals surface area contributed by atoms with E-state index in [0.717, 1.165) is 69.3 Å². The van der Waals surface area contributed by atoms with Crippen molar-refractivity contribution in [3.05, 3.63) is 48.0 Å². The number of morpholine rings is 1. The molecule has 0 amide bonds. The lowest BCUT2D eigenvalue weighted by Crippen LogP contribution is -2.42. The first-order chi connectivity index (χ1) is 13.2. The molecule has 2 aliphatic rings. The molecule has 1 N–H and O–H groups in total. The first-order valence-corrected chi connectivity index (χ1v) is 9.75. The summed E-state index contributed by atoms with van der Waals surface area (Å²) in [6, 6.07) is 9.40. The SMILES string of the molecule is Cc1ncc(N[C@@H]2CCCN(c3cccc(F)c3)C2)cc1N1CCOCC1. The Morgan fingerprint density at radius 1 is 1.15 bits per heavy atom. The van der Waals surface area contributed by atoms with Crippen molar-refractivity contribution in [2.45, 2.75) is 25.8 Å². The minimum atomic E-state index is -0.180. The molecule has 0 saturated carbocycles. The number of aromatic nitrogens is 1. The molecule has 1 atom stereocenters. The summed E-state index contributed by atoms with van der Waals surface area (Å²) < 4.78 is 19.0. The molecule has 1 aromatic carbocycles. The van der Waals surface area contributed by atoms with E-state index in [4.69, 9.17) is 4.74 Å². The van der Waals surface area contributed by atoms with Crippen molar-refractivity contribution in [3.63, 3.8) is 0 Å². The summed E-state index contributed by atoms with van der Waals surface area (Å²) in [5.41, 5.74) is 4.24. The van der Waals surface area contributed by atoms with Crippen molar-refractivity contribution >= 4 is 17.1 Å². The van der Waals surface area contributed by atoms with Crippen LogP contribution in [0, 0.1) is 12.7 Å². The number of piperidine rings is 1. The molecule has 1 aromatic heterocycles. The van der Waals surface area contributed by atoms with Crippen molar-refractivity contribution in [2.75, 3.05) is 54.5 Å². The Balaban J connectivity index is 1.45. The third-order valence-electron chi connectivity index (χ3n) is 5.38. The predicted molar refractivity (Wildman–Crippen MR) is 107 cm³/mol. The topological polar surface area (TPSA) is 40.6 Å². The number of benzene rings is 1. The standard InChI is InChI=1S/C21H27FN4O/c1-16-21(25-8-10-27-11-9-25)13-19(14-23-16)24-18-5-3-7-26(15-18)20-6-2-4-17(22)12-20/h2,4,6,12-14,18,24H,3,5,7-11,15H2,1H3/t18-/m1/s1.